The van der Waals surface area contributed by atoms with Gasteiger partial charge in [-0.25, -0.2) is 0 Å². The summed E-state index contributed by atoms with van der Waals surface area (Å²) in [6, 6.07) is 0. The zero-order valence-electron chi connectivity index (χ0n) is 9.07. The van der Waals surface area contributed by atoms with Crippen LogP contribution < -0.4 is 5.73 Å². The molecule has 0 heterocycles. The molecule has 0 saturated carbocycles. The fraction of sp³-hybridized carbons (Fsp3) is 0.727. The van der Waals surface area contributed by atoms with Crippen LogP contribution in [-0.4, -0.2) is 17.6 Å². The van der Waals surface area contributed by atoms with Crippen LogP contribution in [0.5, 0.6) is 0 Å². The molecule has 0 spiro atoms. The molecule has 0 unspecified atom stereocenters. The van der Waals surface area contributed by atoms with Crippen LogP contribution >= 0.6 is 0 Å². The molecule has 0 aliphatic carbocycles. The van der Waals surface area contributed by atoms with Gasteiger partial charge in [-0.15, -0.1) is 0 Å². The van der Waals surface area contributed by atoms with Crippen LogP contribution in [0.4, 0.5) is 0 Å². The molecule has 0 saturated heterocycles. The Labute approximate surface area is 86.0 Å². The number of rotatable bonds is 7. The lowest BCUT2D eigenvalue weighted by Crippen LogP contribution is -2.19. The van der Waals surface area contributed by atoms with Crippen molar-refractivity contribution in [1.29, 1.82) is 0 Å². The minimum absolute atomic E-state index is 0.101. The predicted molar refractivity (Wildman–Crippen MR) is 58.0 cm³/mol. The Morgan fingerprint density at radius 3 is 2.64 bits per heavy atom. The number of carboxylic acids is 1. The summed E-state index contributed by atoms with van der Waals surface area (Å²) in [6.45, 7) is 4.63. The fourth-order valence-electron chi connectivity index (χ4n) is 1.48. The zero-order valence-corrected chi connectivity index (χ0v) is 9.07. The molecule has 0 rings (SSSR count). The predicted octanol–water partition coefficient (Wildman–Crippen LogP) is 2.03. The molecule has 82 valence electrons. The van der Waals surface area contributed by atoms with Crippen molar-refractivity contribution in [3.63, 3.8) is 0 Å². The van der Waals surface area contributed by atoms with E-state index in [4.69, 9.17) is 10.8 Å². The molecule has 3 N–H and O–H groups in total. The van der Waals surface area contributed by atoms with Gasteiger partial charge in [0.25, 0.3) is 0 Å². The summed E-state index contributed by atoms with van der Waals surface area (Å²) >= 11 is 0. The summed E-state index contributed by atoms with van der Waals surface area (Å²) in [6.07, 6.45) is 6.31. The van der Waals surface area contributed by atoms with Crippen molar-refractivity contribution in [2.75, 3.05) is 6.54 Å². The van der Waals surface area contributed by atoms with Crippen molar-refractivity contribution in [2.45, 2.75) is 33.1 Å². The van der Waals surface area contributed by atoms with Crippen LogP contribution in [0.15, 0.2) is 12.2 Å². The molecule has 2 atom stereocenters. The number of allylic oxidation sites excluding steroid dienone is 2. The van der Waals surface area contributed by atoms with E-state index in [9.17, 15) is 4.79 Å². The summed E-state index contributed by atoms with van der Waals surface area (Å²) in [7, 11) is 0. The van der Waals surface area contributed by atoms with Gasteiger partial charge in [-0.3, -0.25) is 4.79 Å². The topological polar surface area (TPSA) is 63.3 Å². The SMILES string of the molecule is CC/C=C\[C@@H](C)C[C@H](CN)CC(=O)O. The maximum atomic E-state index is 10.5. The average molecular weight is 199 g/mol. The van der Waals surface area contributed by atoms with Gasteiger partial charge >= 0.3 is 5.97 Å². The molecular weight excluding hydrogens is 178 g/mol. The van der Waals surface area contributed by atoms with Gasteiger partial charge in [-0.2, -0.15) is 0 Å². The van der Waals surface area contributed by atoms with Gasteiger partial charge in [0.2, 0.25) is 0 Å². The van der Waals surface area contributed by atoms with Crippen LogP contribution in [0.25, 0.3) is 0 Å². The van der Waals surface area contributed by atoms with Crippen LogP contribution in [0.1, 0.15) is 33.1 Å². The number of hydrogen-bond donors (Lipinski definition) is 2. The van der Waals surface area contributed by atoms with Crippen molar-refractivity contribution in [3.8, 4) is 0 Å². The van der Waals surface area contributed by atoms with Crippen molar-refractivity contribution in [1.82, 2.24) is 0 Å². The fourth-order valence-corrected chi connectivity index (χ4v) is 1.48. The van der Waals surface area contributed by atoms with Gasteiger partial charge in [0.1, 0.15) is 0 Å². The number of carboxylic acid groups (broad SMARTS) is 1. The number of nitrogens with two attached hydrogens (primary N) is 1. The molecular formula is C11H21NO2. The van der Waals surface area contributed by atoms with Gasteiger partial charge in [0, 0.05) is 6.42 Å². The third-order valence-corrected chi connectivity index (χ3v) is 2.20. The zero-order chi connectivity index (χ0) is 11.0. The molecule has 3 heteroatoms. The molecule has 14 heavy (non-hydrogen) atoms. The second-order valence-electron chi connectivity index (χ2n) is 3.75. The summed E-state index contributed by atoms with van der Waals surface area (Å²) < 4.78 is 0. The molecule has 0 aromatic heterocycles. The lowest BCUT2D eigenvalue weighted by atomic mass is 9.93. The monoisotopic (exact) mass is 199 g/mol. The summed E-state index contributed by atoms with van der Waals surface area (Å²) in [5, 5.41) is 8.63. The van der Waals surface area contributed by atoms with Crippen LogP contribution in [0, 0.1) is 11.8 Å². The molecule has 0 amide bonds. The minimum atomic E-state index is -0.757. The Balaban J connectivity index is 3.91. The first-order chi connectivity index (χ1) is 6.60. The lowest BCUT2D eigenvalue weighted by Gasteiger charge is -2.15. The van der Waals surface area contributed by atoms with E-state index in [0.717, 1.165) is 12.8 Å². The summed E-state index contributed by atoms with van der Waals surface area (Å²) in [4.78, 5) is 10.5. The Bertz CT molecular complexity index is 190. The molecule has 3 nitrogen and oxygen atoms in total. The van der Waals surface area contributed by atoms with Gasteiger partial charge in [0.15, 0.2) is 0 Å². The van der Waals surface area contributed by atoms with E-state index in [1.165, 1.54) is 0 Å². The Hall–Kier alpha value is -0.830. The van der Waals surface area contributed by atoms with Gasteiger partial charge in [0.05, 0.1) is 0 Å². The van der Waals surface area contributed by atoms with Crippen molar-refractivity contribution < 1.29 is 9.90 Å². The Morgan fingerprint density at radius 1 is 1.57 bits per heavy atom. The van der Waals surface area contributed by atoms with Gasteiger partial charge < -0.3 is 10.8 Å². The Morgan fingerprint density at radius 2 is 2.21 bits per heavy atom. The van der Waals surface area contributed by atoms with E-state index in [1.54, 1.807) is 0 Å². The summed E-state index contributed by atoms with van der Waals surface area (Å²) in [5.74, 6) is -0.237. The first-order valence-electron chi connectivity index (χ1n) is 5.18. The standard InChI is InChI=1S/C11H21NO2/c1-3-4-5-9(2)6-10(8-12)7-11(13)14/h4-5,9-10H,3,6-8,12H2,1-2H3,(H,13,14)/b5-4-/t9-,10+/m1/s1. The van der Waals surface area contributed by atoms with Crippen LogP contribution in [-0.2, 0) is 4.79 Å². The highest BCUT2D eigenvalue weighted by atomic mass is 16.4. The largest absolute Gasteiger partial charge is 0.481 e. The highest BCUT2D eigenvalue weighted by Gasteiger charge is 2.13. The number of carbonyl (C=O) groups is 1. The third kappa shape index (κ3) is 6.66. The van der Waals surface area contributed by atoms with E-state index in [2.05, 4.69) is 26.0 Å². The second-order valence-corrected chi connectivity index (χ2v) is 3.75. The minimum Gasteiger partial charge on any atom is -0.481 e. The van der Waals surface area contributed by atoms with E-state index in [0.29, 0.717) is 12.5 Å². The van der Waals surface area contributed by atoms with E-state index in [1.807, 2.05) is 0 Å². The molecule has 0 fully saturated rings. The normalized spacial score (nSPS) is 15.6. The number of aliphatic carboxylic acids is 1. The maximum absolute atomic E-state index is 10.5. The molecule has 0 radical (unpaired) electrons. The van der Waals surface area contributed by atoms with Crippen molar-refractivity contribution in [2.24, 2.45) is 17.6 Å². The summed E-state index contributed by atoms with van der Waals surface area (Å²) in [5.41, 5.74) is 5.51. The first kappa shape index (κ1) is 13.2. The van der Waals surface area contributed by atoms with E-state index >= 15 is 0 Å². The van der Waals surface area contributed by atoms with Gasteiger partial charge in [-0.05, 0) is 31.2 Å². The van der Waals surface area contributed by atoms with E-state index in [-0.39, 0.29) is 12.3 Å². The van der Waals surface area contributed by atoms with Crippen LogP contribution in [0.3, 0.4) is 0 Å². The first-order valence-corrected chi connectivity index (χ1v) is 5.18. The highest BCUT2D eigenvalue weighted by molar-refractivity contribution is 5.67. The lowest BCUT2D eigenvalue weighted by molar-refractivity contribution is -0.138. The second kappa shape index (κ2) is 7.56. The van der Waals surface area contributed by atoms with Crippen LogP contribution in [0.2, 0.25) is 0 Å². The molecule has 0 aromatic rings. The maximum Gasteiger partial charge on any atom is 0.303 e. The highest BCUT2D eigenvalue weighted by Crippen LogP contribution is 2.15. The molecule has 0 aliphatic heterocycles. The third-order valence-electron chi connectivity index (χ3n) is 2.20. The molecule has 0 bridgehead atoms. The van der Waals surface area contributed by atoms with Gasteiger partial charge in [-0.1, -0.05) is 26.0 Å². The van der Waals surface area contributed by atoms with Crippen molar-refractivity contribution >= 4 is 5.97 Å². The number of hydrogen-bond acceptors (Lipinski definition) is 2. The Kier molecular flexibility index (Phi) is 7.11. The van der Waals surface area contributed by atoms with E-state index < -0.39 is 5.97 Å². The molecule has 0 aliphatic rings. The van der Waals surface area contributed by atoms with Crippen molar-refractivity contribution in [3.05, 3.63) is 12.2 Å². The smallest absolute Gasteiger partial charge is 0.303 e. The quantitative estimate of drug-likeness (QED) is 0.617. The average Bonchev–Trinajstić information content (AvgIpc) is 2.12. The molecule has 0 aromatic carbocycles.